The second-order valence-corrected chi connectivity index (χ2v) is 5.77. The molecule has 2 aromatic carbocycles. The molecule has 0 aliphatic rings. The number of amides is 1. The van der Waals surface area contributed by atoms with Crippen molar-refractivity contribution in [2.24, 2.45) is 0 Å². The molecule has 24 heavy (non-hydrogen) atoms. The molecule has 0 saturated carbocycles. The summed E-state index contributed by atoms with van der Waals surface area (Å²) in [6, 6.07) is 11.7. The quantitative estimate of drug-likeness (QED) is 0.751. The Labute approximate surface area is 149 Å². The van der Waals surface area contributed by atoms with E-state index in [1.165, 1.54) is 7.11 Å². The van der Waals surface area contributed by atoms with Crippen LogP contribution in [0.5, 0.6) is 0 Å². The molecule has 5 nitrogen and oxygen atoms in total. The molecule has 0 radical (unpaired) electrons. The number of ether oxygens (including phenoxy) is 1. The summed E-state index contributed by atoms with van der Waals surface area (Å²) < 4.78 is 4.65. The van der Waals surface area contributed by atoms with Gasteiger partial charge in [0.25, 0.3) is 0 Å². The molecule has 0 unspecified atom stereocenters. The van der Waals surface area contributed by atoms with E-state index < -0.39 is 5.97 Å². The molecule has 0 atom stereocenters. The summed E-state index contributed by atoms with van der Waals surface area (Å²) >= 11 is 11.9. The predicted molar refractivity (Wildman–Crippen MR) is 96.0 cm³/mol. The first-order valence-electron chi connectivity index (χ1n) is 7.17. The SMILES string of the molecule is COC(=O)c1cccc(NC(=O)CCNc2ccc(Cl)cc2Cl)c1. The van der Waals surface area contributed by atoms with E-state index in [0.717, 1.165) is 0 Å². The standard InChI is InChI=1S/C17H16Cl2N2O3/c1-24-17(23)11-3-2-4-13(9-11)21-16(22)7-8-20-15-6-5-12(18)10-14(15)19/h2-6,9-10,20H,7-8H2,1H3,(H,21,22). The Morgan fingerprint density at radius 2 is 1.92 bits per heavy atom. The minimum atomic E-state index is -0.454. The third-order valence-electron chi connectivity index (χ3n) is 3.17. The van der Waals surface area contributed by atoms with Crippen molar-refractivity contribution in [2.75, 3.05) is 24.3 Å². The predicted octanol–water partition coefficient (Wildman–Crippen LogP) is 4.22. The lowest BCUT2D eigenvalue weighted by Gasteiger charge is -2.09. The van der Waals surface area contributed by atoms with Gasteiger partial charge in [-0.15, -0.1) is 0 Å². The normalized spacial score (nSPS) is 10.1. The summed E-state index contributed by atoms with van der Waals surface area (Å²) in [5.41, 5.74) is 1.62. The number of halogens is 2. The Morgan fingerprint density at radius 1 is 1.12 bits per heavy atom. The first-order valence-corrected chi connectivity index (χ1v) is 7.92. The second kappa shape index (κ2) is 8.57. The number of esters is 1. The van der Waals surface area contributed by atoms with E-state index in [1.807, 2.05) is 0 Å². The van der Waals surface area contributed by atoms with Gasteiger partial charge in [-0.2, -0.15) is 0 Å². The largest absolute Gasteiger partial charge is 0.465 e. The summed E-state index contributed by atoms with van der Waals surface area (Å²) in [4.78, 5) is 23.4. The fourth-order valence-corrected chi connectivity index (χ4v) is 2.48. The second-order valence-electron chi connectivity index (χ2n) is 4.92. The fraction of sp³-hybridized carbons (Fsp3) is 0.176. The van der Waals surface area contributed by atoms with Crippen LogP contribution in [0.4, 0.5) is 11.4 Å². The van der Waals surface area contributed by atoms with Crippen molar-refractivity contribution in [3.8, 4) is 0 Å². The third kappa shape index (κ3) is 5.15. The Hall–Kier alpha value is -2.24. The van der Waals surface area contributed by atoms with Gasteiger partial charge in [0, 0.05) is 23.7 Å². The average molecular weight is 367 g/mol. The van der Waals surface area contributed by atoms with E-state index in [9.17, 15) is 9.59 Å². The topological polar surface area (TPSA) is 67.4 Å². The lowest BCUT2D eigenvalue weighted by Crippen LogP contribution is -2.16. The molecule has 126 valence electrons. The monoisotopic (exact) mass is 366 g/mol. The minimum Gasteiger partial charge on any atom is -0.465 e. The molecular weight excluding hydrogens is 351 g/mol. The van der Waals surface area contributed by atoms with Gasteiger partial charge in [-0.05, 0) is 36.4 Å². The average Bonchev–Trinajstić information content (AvgIpc) is 2.56. The van der Waals surface area contributed by atoms with Crippen molar-refractivity contribution in [1.82, 2.24) is 0 Å². The molecule has 0 bridgehead atoms. The number of carbonyl (C=O) groups excluding carboxylic acids is 2. The molecular formula is C17H16Cl2N2O3. The van der Waals surface area contributed by atoms with Crippen LogP contribution in [0, 0.1) is 0 Å². The van der Waals surface area contributed by atoms with Crippen LogP contribution in [-0.4, -0.2) is 25.5 Å². The molecule has 0 aromatic heterocycles. The summed E-state index contributed by atoms with van der Waals surface area (Å²) in [5, 5.41) is 6.84. The van der Waals surface area contributed by atoms with Gasteiger partial charge in [0.05, 0.1) is 23.4 Å². The third-order valence-corrected chi connectivity index (χ3v) is 3.71. The highest BCUT2D eigenvalue weighted by atomic mass is 35.5. The number of hydrogen-bond acceptors (Lipinski definition) is 4. The van der Waals surface area contributed by atoms with Gasteiger partial charge in [0.15, 0.2) is 0 Å². The van der Waals surface area contributed by atoms with Gasteiger partial charge in [0.1, 0.15) is 0 Å². The maximum atomic E-state index is 12.0. The van der Waals surface area contributed by atoms with E-state index in [0.29, 0.717) is 33.5 Å². The molecule has 2 rings (SSSR count). The van der Waals surface area contributed by atoms with E-state index in [4.69, 9.17) is 23.2 Å². The van der Waals surface area contributed by atoms with Crippen molar-refractivity contribution >= 4 is 46.5 Å². The number of carbonyl (C=O) groups is 2. The Bertz CT molecular complexity index is 750. The van der Waals surface area contributed by atoms with Crippen LogP contribution >= 0.6 is 23.2 Å². The molecule has 1 amide bonds. The molecule has 2 N–H and O–H groups in total. The van der Waals surface area contributed by atoms with Crippen molar-refractivity contribution in [1.29, 1.82) is 0 Å². The van der Waals surface area contributed by atoms with Crippen LogP contribution in [0.2, 0.25) is 10.0 Å². The minimum absolute atomic E-state index is 0.186. The zero-order valence-electron chi connectivity index (χ0n) is 12.9. The highest BCUT2D eigenvalue weighted by molar-refractivity contribution is 6.36. The lowest BCUT2D eigenvalue weighted by molar-refractivity contribution is -0.115. The Morgan fingerprint density at radius 3 is 2.62 bits per heavy atom. The van der Waals surface area contributed by atoms with Gasteiger partial charge in [-0.3, -0.25) is 4.79 Å². The molecule has 2 aromatic rings. The van der Waals surface area contributed by atoms with E-state index >= 15 is 0 Å². The summed E-state index contributed by atoms with van der Waals surface area (Å²) in [7, 11) is 1.31. The highest BCUT2D eigenvalue weighted by Gasteiger charge is 2.08. The van der Waals surface area contributed by atoms with Crippen LogP contribution in [0.15, 0.2) is 42.5 Å². The maximum absolute atomic E-state index is 12.0. The zero-order valence-corrected chi connectivity index (χ0v) is 14.4. The molecule has 0 aliphatic carbocycles. The molecule has 0 spiro atoms. The van der Waals surface area contributed by atoms with Crippen LogP contribution in [0.25, 0.3) is 0 Å². The van der Waals surface area contributed by atoms with Crippen molar-refractivity contribution in [3.05, 3.63) is 58.1 Å². The summed E-state index contributed by atoms with van der Waals surface area (Å²) in [5.74, 6) is -0.639. The number of nitrogens with one attached hydrogen (secondary N) is 2. The van der Waals surface area contributed by atoms with Crippen molar-refractivity contribution in [2.45, 2.75) is 6.42 Å². The van der Waals surface area contributed by atoms with Crippen molar-refractivity contribution < 1.29 is 14.3 Å². The van der Waals surface area contributed by atoms with Gasteiger partial charge < -0.3 is 15.4 Å². The summed E-state index contributed by atoms with van der Waals surface area (Å²) in [6.07, 6.45) is 0.238. The molecule has 7 heteroatoms. The van der Waals surface area contributed by atoms with E-state index in [-0.39, 0.29) is 12.3 Å². The smallest absolute Gasteiger partial charge is 0.337 e. The van der Waals surface area contributed by atoms with Crippen molar-refractivity contribution in [3.63, 3.8) is 0 Å². The van der Waals surface area contributed by atoms with Gasteiger partial charge in [0.2, 0.25) is 5.91 Å². The number of anilines is 2. The number of methoxy groups -OCH3 is 1. The van der Waals surface area contributed by atoms with Gasteiger partial charge >= 0.3 is 5.97 Å². The van der Waals surface area contributed by atoms with Crippen LogP contribution in [0.3, 0.4) is 0 Å². The summed E-state index contributed by atoms with van der Waals surface area (Å²) in [6.45, 7) is 0.407. The van der Waals surface area contributed by atoms with Gasteiger partial charge in [-0.1, -0.05) is 29.3 Å². The first-order chi connectivity index (χ1) is 11.5. The Balaban J connectivity index is 1.86. The van der Waals surface area contributed by atoms with E-state index in [1.54, 1.807) is 42.5 Å². The fourth-order valence-electron chi connectivity index (χ4n) is 2.01. The molecule has 0 fully saturated rings. The number of rotatable bonds is 6. The molecule has 0 saturated heterocycles. The molecule has 0 heterocycles. The van der Waals surface area contributed by atoms with Crippen LogP contribution in [-0.2, 0) is 9.53 Å². The molecule has 0 aliphatic heterocycles. The number of benzene rings is 2. The lowest BCUT2D eigenvalue weighted by atomic mass is 10.2. The first kappa shape index (κ1) is 18.1. The van der Waals surface area contributed by atoms with Crippen LogP contribution in [0.1, 0.15) is 16.8 Å². The Kier molecular flexibility index (Phi) is 6.46. The van der Waals surface area contributed by atoms with Crippen LogP contribution < -0.4 is 10.6 Å². The van der Waals surface area contributed by atoms with E-state index in [2.05, 4.69) is 15.4 Å². The van der Waals surface area contributed by atoms with Gasteiger partial charge in [-0.25, -0.2) is 4.79 Å². The zero-order chi connectivity index (χ0) is 17.5. The highest BCUT2D eigenvalue weighted by Crippen LogP contribution is 2.25. The number of hydrogen-bond donors (Lipinski definition) is 2. The maximum Gasteiger partial charge on any atom is 0.337 e.